The summed E-state index contributed by atoms with van der Waals surface area (Å²) in [4.78, 5) is 31.8. The van der Waals surface area contributed by atoms with E-state index < -0.39 is 0 Å². The van der Waals surface area contributed by atoms with Crippen LogP contribution in [0.4, 0.5) is 11.5 Å². The topological polar surface area (TPSA) is 74.3 Å². The quantitative estimate of drug-likeness (QED) is 0.385. The number of aryl methyl sites for hydroxylation is 1. The molecule has 0 radical (unpaired) electrons. The van der Waals surface area contributed by atoms with Crippen LogP contribution in [0.5, 0.6) is 0 Å². The number of pyridine rings is 1. The maximum atomic E-state index is 12.5. The number of rotatable bonds is 3. The second-order valence-corrected chi connectivity index (χ2v) is 8.95. The maximum absolute atomic E-state index is 12.5. The van der Waals surface area contributed by atoms with E-state index in [0.29, 0.717) is 11.1 Å². The van der Waals surface area contributed by atoms with Gasteiger partial charge in [0.25, 0.3) is 11.8 Å². The summed E-state index contributed by atoms with van der Waals surface area (Å²) >= 11 is 3.33. The standard InChI is InChI=1S/C26H21BrN4O2/c1-16-2-3-19-15-20-12-13-31(24(20)28-23(19)14-16)22-10-6-18(7-11-22)26(33)30-29-25(32)17-4-8-21(27)9-5-17/h2-11,14-15H,12-13H2,1H3,(H,29,32)(H,30,33). The summed E-state index contributed by atoms with van der Waals surface area (Å²) in [5, 5.41) is 1.15. The van der Waals surface area contributed by atoms with Crippen molar-refractivity contribution >= 4 is 50.2 Å². The third-order valence-corrected chi connectivity index (χ3v) is 6.26. The highest BCUT2D eigenvalue weighted by Crippen LogP contribution is 2.35. The highest BCUT2D eigenvalue weighted by Gasteiger charge is 2.23. The van der Waals surface area contributed by atoms with Gasteiger partial charge in [0, 0.05) is 33.2 Å². The van der Waals surface area contributed by atoms with Gasteiger partial charge in [-0.15, -0.1) is 0 Å². The lowest BCUT2D eigenvalue weighted by atomic mass is 10.1. The molecule has 1 aliphatic heterocycles. The van der Waals surface area contributed by atoms with E-state index in [1.807, 2.05) is 12.1 Å². The van der Waals surface area contributed by atoms with E-state index in [-0.39, 0.29) is 11.8 Å². The first-order valence-electron chi connectivity index (χ1n) is 10.6. The molecule has 3 aromatic carbocycles. The summed E-state index contributed by atoms with van der Waals surface area (Å²) in [6, 6.07) is 22.7. The van der Waals surface area contributed by atoms with Crippen LogP contribution in [0.1, 0.15) is 31.8 Å². The number of benzene rings is 3. The molecule has 6 nitrogen and oxygen atoms in total. The Labute approximate surface area is 199 Å². The molecule has 0 atom stereocenters. The zero-order valence-electron chi connectivity index (χ0n) is 17.9. The minimum atomic E-state index is -0.381. The van der Waals surface area contributed by atoms with Crippen LogP contribution in [-0.4, -0.2) is 23.3 Å². The van der Waals surface area contributed by atoms with Crippen molar-refractivity contribution in [3.63, 3.8) is 0 Å². The molecule has 5 rings (SSSR count). The molecule has 1 aromatic heterocycles. The number of hydrogen-bond acceptors (Lipinski definition) is 4. The molecule has 33 heavy (non-hydrogen) atoms. The smallest absolute Gasteiger partial charge is 0.269 e. The second kappa shape index (κ2) is 8.67. The summed E-state index contributed by atoms with van der Waals surface area (Å²) in [5.74, 6) is 0.204. The molecule has 4 aromatic rings. The molecule has 0 fully saturated rings. The van der Waals surface area contributed by atoms with Crippen molar-refractivity contribution in [2.45, 2.75) is 13.3 Å². The average molecular weight is 501 g/mol. The Kier molecular flexibility index (Phi) is 5.56. The number of aromatic nitrogens is 1. The number of carbonyl (C=O) groups is 2. The number of hydrazine groups is 1. The van der Waals surface area contributed by atoms with Crippen LogP contribution < -0.4 is 15.8 Å². The van der Waals surface area contributed by atoms with Crippen molar-refractivity contribution < 1.29 is 9.59 Å². The van der Waals surface area contributed by atoms with Crippen LogP contribution in [0, 0.1) is 6.92 Å². The molecule has 0 unspecified atom stereocenters. The molecule has 0 saturated heterocycles. The molecule has 2 amide bonds. The van der Waals surface area contributed by atoms with E-state index >= 15 is 0 Å². The lowest BCUT2D eigenvalue weighted by Gasteiger charge is -2.19. The number of hydrogen-bond donors (Lipinski definition) is 2. The molecule has 0 aliphatic carbocycles. The SMILES string of the molecule is Cc1ccc2cc3c(nc2c1)N(c1ccc(C(=O)NNC(=O)c2ccc(Br)cc2)cc1)CC3. The Bertz CT molecular complexity index is 1370. The van der Waals surface area contributed by atoms with Gasteiger partial charge in [-0.05, 0) is 85.1 Å². The largest absolute Gasteiger partial charge is 0.326 e. The van der Waals surface area contributed by atoms with Crippen molar-refractivity contribution in [2.24, 2.45) is 0 Å². The minimum Gasteiger partial charge on any atom is -0.326 e. The van der Waals surface area contributed by atoms with Gasteiger partial charge in [-0.3, -0.25) is 20.4 Å². The molecule has 0 bridgehead atoms. The summed E-state index contributed by atoms with van der Waals surface area (Å²) in [7, 11) is 0. The Balaban J connectivity index is 1.29. The summed E-state index contributed by atoms with van der Waals surface area (Å²) in [6.07, 6.45) is 0.927. The minimum absolute atomic E-state index is 0.380. The Morgan fingerprint density at radius 2 is 1.52 bits per heavy atom. The Morgan fingerprint density at radius 1 is 0.879 bits per heavy atom. The van der Waals surface area contributed by atoms with Crippen LogP contribution in [0.15, 0.2) is 77.3 Å². The fourth-order valence-electron chi connectivity index (χ4n) is 3.97. The van der Waals surface area contributed by atoms with Crippen LogP contribution in [0.2, 0.25) is 0 Å². The van der Waals surface area contributed by atoms with E-state index in [9.17, 15) is 9.59 Å². The summed E-state index contributed by atoms with van der Waals surface area (Å²) in [6.45, 7) is 2.91. The van der Waals surface area contributed by atoms with Gasteiger partial charge in [0.15, 0.2) is 0 Å². The van der Waals surface area contributed by atoms with Crippen molar-refractivity contribution in [2.75, 3.05) is 11.4 Å². The molecule has 0 spiro atoms. The van der Waals surface area contributed by atoms with Gasteiger partial charge in [-0.25, -0.2) is 4.98 Å². The zero-order valence-corrected chi connectivity index (χ0v) is 19.5. The van der Waals surface area contributed by atoms with Gasteiger partial charge in [-0.2, -0.15) is 0 Å². The third kappa shape index (κ3) is 4.32. The fraction of sp³-hybridized carbons (Fsp3) is 0.115. The monoisotopic (exact) mass is 500 g/mol. The molecule has 2 N–H and O–H groups in total. The van der Waals surface area contributed by atoms with E-state index in [1.165, 1.54) is 11.1 Å². The highest BCUT2D eigenvalue weighted by atomic mass is 79.9. The first kappa shape index (κ1) is 21.2. The lowest BCUT2D eigenvalue weighted by Crippen LogP contribution is -2.41. The van der Waals surface area contributed by atoms with Crippen molar-refractivity contribution in [1.82, 2.24) is 15.8 Å². The Hall–Kier alpha value is -3.71. The highest BCUT2D eigenvalue weighted by molar-refractivity contribution is 9.10. The number of fused-ring (bicyclic) bond motifs is 2. The number of anilines is 2. The van der Waals surface area contributed by atoms with Crippen molar-refractivity contribution in [1.29, 1.82) is 0 Å². The number of nitrogens with zero attached hydrogens (tertiary/aromatic N) is 2. The fourth-order valence-corrected chi connectivity index (χ4v) is 4.23. The van der Waals surface area contributed by atoms with Gasteiger partial charge in [0.1, 0.15) is 5.82 Å². The van der Waals surface area contributed by atoms with Crippen LogP contribution in [0.25, 0.3) is 10.9 Å². The number of amides is 2. The van der Waals surface area contributed by atoms with Crippen LogP contribution >= 0.6 is 15.9 Å². The molecule has 2 heterocycles. The second-order valence-electron chi connectivity index (χ2n) is 8.03. The average Bonchev–Trinajstić information content (AvgIpc) is 3.24. The first-order chi connectivity index (χ1) is 16.0. The predicted octanol–water partition coefficient (Wildman–Crippen LogP) is 5.07. The number of nitrogens with one attached hydrogen (secondary N) is 2. The van der Waals surface area contributed by atoms with E-state index in [4.69, 9.17) is 4.98 Å². The van der Waals surface area contributed by atoms with Gasteiger partial charge in [0.05, 0.1) is 5.52 Å². The maximum Gasteiger partial charge on any atom is 0.269 e. The molecule has 0 saturated carbocycles. The number of halogens is 1. The molecular weight excluding hydrogens is 480 g/mol. The molecule has 7 heteroatoms. The summed E-state index contributed by atoms with van der Waals surface area (Å²) < 4.78 is 0.877. The predicted molar refractivity (Wildman–Crippen MR) is 133 cm³/mol. The zero-order chi connectivity index (χ0) is 22.9. The van der Waals surface area contributed by atoms with Crippen molar-refractivity contribution in [3.8, 4) is 0 Å². The summed E-state index contributed by atoms with van der Waals surface area (Å²) in [5.41, 5.74) is 10.2. The first-order valence-corrected chi connectivity index (χ1v) is 11.4. The van der Waals surface area contributed by atoms with Gasteiger partial charge < -0.3 is 4.90 Å². The normalized spacial score (nSPS) is 12.5. The van der Waals surface area contributed by atoms with Crippen LogP contribution in [-0.2, 0) is 6.42 Å². The van der Waals surface area contributed by atoms with Crippen molar-refractivity contribution in [3.05, 3.63) is 99.5 Å². The molecule has 1 aliphatic rings. The van der Waals surface area contributed by atoms with E-state index in [1.54, 1.807) is 36.4 Å². The number of carbonyl (C=O) groups excluding carboxylic acids is 2. The van der Waals surface area contributed by atoms with E-state index in [0.717, 1.165) is 39.8 Å². The van der Waals surface area contributed by atoms with Gasteiger partial charge >= 0.3 is 0 Å². The Morgan fingerprint density at radius 3 is 2.18 bits per heavy atom. The third-order valence-electron chi connectivity index (χ3n) is 5.73. The van der Waals surface area contributed by atoms with Crippen LogP contribution in [0.3, 0.4) is 0 Å². The molecule has 164 valence electrons. The van der Waals surface area contributed by atoms with Gasteiger partial charge in [0.2, 0.25) is 0 Å². The van der Waals surface area contributed by atoms with Gasteiger partial charge in [-0.1, -0.05) is 28.1 Å². The van der Waals surface area contributed by atoms with E-state index in [2.05, 4.69) is 62.9 Å². The molecular formula is C26H21BrN4O2. The lowest BCUT2D eigenvalue weighted by molar-refractivity contribution is 0.0846.